The standard InChI is InChI=1S/C28H35N3O5S/c1-7-20-13-8-9-14-21(20)24(25(33)30-23-18(2)11-10-12-19(23)3)31(15-16-32)26(34)22(17-37)29-27(35)36-28(4,5)6/h1,8-14,22,24,32,37H,15-17H2,2-6H3,(H,29,35)(H,30,33). The highest BCUT2D eigenvalue weighted by Crippen LogP contribution is 2.28. The van der Waals surface area contributed by atoms with Crippen LogP contribution in [0.15, 0.2) is 42.5 Å². The summed E-state index contributed by atoms with van der Waals surface area (Å²) in [4.78, 5) is 41.2. The van der Waals surface area contributed by atoms with E-state index >= 15 is 0 Å². The van der Waals surface area contributed by atoms with Gasteiger partial charge in [-0.3, -0.25) is 9.59 Å². The van der Waals surface area contributed by atoms with Gasteiger partial charge in [0.2, 0.25) is 5.91 Å². The fourth-order valence-corrected chi connectivity index (χ4v) is 4.08. The fourth-order valence-electron chi connectivity index (χ4n) is 3.83. The number of rotatable bonds is 9. The van der Waals surface area contributed by atoms with Crippen LogP contribution in [0.3, 0.4) is 0 Å². The number of hydrogen-bond acceptors (Lipinski definition) is 6. The normalized spacial score (nSPS) is 12.6. The van der Waals surface area contributed by atoms with E-state index < -0.39 is 42.2 Å². The monoisotopic (exact) mass is 525 g/mol. The van der Waals surface area contributed by atoms with Crippen LogP contribution in [0.1, 0.15) is 49.1 Å². The minimum absolute atomic E-state index is 0.0674. The molecule has 9 heteroatoms. The van der Waals surface area contributed by atoms with E-state index in [4.69, 9.17) is 11.2 Å². The number of alkyl carbamates (subject to hydrolysis) is 1. The minimum Gasteiger partial charge on any atom is -0.444 e. The zero-order valence-electron chi connectivity index (χ0n) is 21.9. The SMILES string of the molecule is C#Cc1ccccc1C(C(=O)Nc1c(C)cccc1C)N(CCO)C(=O)C(CS)NC(=O)OC(C)(C)C. The van der Waals surface area contributed by atoms with E-state index in [0.29, 0.717) is 16.8 Å². The number of anilines is 1. The number of para-hydroxylation sites is 1. The molecule has 0 aromatic heterocycles. The average molecular weight is 526 g/mol. The number of aliphatic hydroxyl groups excluding tert-OH is 1. The maximum atomic E-state index is 13.8. The summed E-state index contributed by atoms with van der Waals surface area (Å²) < 4.78 is 5.28. The summed E-state index contributed by atoms with van der Waals surface area (Å²) >= 11 is 4.24. The van der Waals surface area contributed by atoms with Crippen LogP contribution < -0.4 is 10.6 Å². The van der Waals surface area contributed by atoms with Crippen molar-refractivity contribution in [1.82, 2.24) is 10.2 Å². The second-order valence-corrected chi connectivity index (χ2v) is 9.89. The van der Waals surface area contributed by atoms with Gasteiger partial charge in [-0.1, -0.05) is 42.3 Å². The third-order valence-electron chi connectivity index (χ3n) is 5.50. The molecule has 0 spiro atoms. The molecular weight excluding hydrogens is 490 g/mol. The minimum atomic E-state index is -1.20. The van der Waals surface area contributed by atoms with Crippen LogP contribution in [0.2, 0.25) is 0 Å². The lowest BCUT2D eigenvalue weighted by molar-refractivity contribution is -0.140. The molecule has 0 saturated heterocycles. The van der Waals surface area contributed by atoms with Crippen molar-refractivity contribution in [2.45, 2.75) is 52.3 Å². The summed E-state index contributed by atoms with van der Waals surface area (Å²) in [7, 11) is 0. The van der Waals surface area contributed by atoms with E-state index in [1.807, 2.05) is 32.0 Å². The Balaban J connectivity index is 2.55. The maximum Gasteiger partial charge on any atom is 0.408 e. The van der Waals surface area contributed by atoms with Gasteiger partial charge in [-0.25, -0.2) is 4.79 Å². The number of amides is 3. The maximum absolute atomic E-state index is 13.8. The molecule has 0 saturated carbocycles. The van der Waals surface area contributed by atoms with E-state index in [-0.39, 0.29) is 12.3 Å². The molecule has 0 radical (unpaired) electrons. The summed E-state index contributed by atoms with van der Waals surface area (Å²) in [5.74, 6) is 1.36. The lowest BCUT2D eigenvalue weighted by Crippen LogP contribution is -2.54. The highest BCUT2D eigenvalue weighted by Gasteiger charge is 2.36. The van der Waals surface area contributed by atoms with Crippen LogP contribution in [0.4, 0.5) is 10.5 Å². The molecule has 0 aliphatic rings. The molecule has 37 heavy (non-hydrogen) atoms. The first-order valence-electron chi connectivity index (χ1n) is 11.9. The first kappa shape index (κ1) is 29.7. The Hall–Kier alpha value is -3.48. The zero-order chi connectivity index (χ0) is 27.8. The summed E-state index contributed by atoms with van der Waals surface area (Å²) in [5, 5.41) is 15.3. The van der Waals surface area contributed by atoms with E-state index in [0.717, 1.165) is 11.1 Å². The fraction of sp³-hybridized carbons (Fsp3) is 0.393. The van der Waals surface area contributed by atoms with E-state index in [1.165, 1.54) is 4.90 Å². The second-order valence-electron chi connectivity index (χ2n) is 9.53. The zero-order valence-corrected chi connectivity index (χ0v) is 22.8. The van der Waals surface area contributed by atoms with Crippen molar-refractivity contribution in [2.24, 2.45) is 0 Å². The predicted molar refractivity (Wildman–Crippen MR) is 147 cm³/mol. The topological polar surface area (TPSA) is 108 Å². The summed E-state index contributed by atoms with van der Waals surface area (Å²) in [5.41, 5.74) is 2.35. The molecule has 0 fully saturated rings. The first-order chi connectivity index (χ1) is 17.4. The van der Waals surface area contributed by atoms with Crippen LogP contribution in [0.5, 0.6) is 0 Å². The van der Waals surface area contributed by atoms with Gasteiger partial charge in [-0.05, 0) is 57.4 Å². The van der Waals surface area contributed by atoms with Gasteiger partial charge < -0.3 is 25.4 Å². The number of ether oxygens (including phenoxy) is 1. The van der Waals surface area contributed by atoms with Crippen molar-refractivity contribution in [1.29, 1.82) is 0 Å². The lowest BCUT2D eigenvalue weighted by atomic mass is 9.97. The van der Waals surface area contributed by atoms with E-state index in [2.05, 4.69) is 29.2 Å². The van der Waals surface area contributed by atoms with Crippen LogP contribution in [0.25, 0.3) is 0 Å². The van der Waals surface area contributed by atoms with Gasteiger partial charge in [-0.2, -0.15) is 12.6 Å². The Bertz CT molecular complexity index is 1150. The van der Waals surface area contributed by atoms with E-state index in [9.17, 15) is 19.5 Å². The molecule has 3 amide bonds. The molecule has 0 bridgehead atoms. The van der Waals surface area contributed by atoms with Gasteiger partial charge in [0.05, 0.1) is 6.61 Å². The summed E-state index contributed by atoms with van der Waals surface area (Å²) in [6.07, 6.45) is 4.93. The number of aryl methyl sites for hydroxylation is 2. The molecule has 0 heterocycles. The van der Waals surface area contributed by atoms with E-state index in [1.54, 1.807) is 45.0 Å². The van der Waals surface area contributed by atoms with Crippen molar-refractivity contribution in [3.8, 4) is 12.3 Å². The van der Waals surface area contributed by atoms with Crippen molar-refractivity contribution in [3.63, 3.8) is 0 Å². The molecule has 3 N–H and O–H groups in total. The van der Waals surface area contributed by atoms with Crippen molar-refractivity contribution >= 4 is 36.2 Å². The van der Waals surface area contributed by atoms with Crippen LogP contribution in [-0.2, 0) is 14.3 Å². The Morgan fingerprint density at radius 3 is 2.27 bits per heavy atom. The highest BCUT2D eigenvalue weighted by molar-refractivity contribution is 7.80. The Morgan fingerprint density at radius 2 is 1.73 bits per heavy atom. The number of terminal acetylenes is 1. The number of hydrogen-bond donors (Lipinski definition) is 4. The van der Waals surface area contributed by atoms with Gasteiger partial charge in [-0.15, -0.1) is 6.42 Å². The first-order valence-corrected chi connectivity index (χ1v) is 12.5. The molecule has 2 aromatic rings. The molecule has 8 nitrogen and oxygen atoms in total. The highest BCUT2D eigenvalue weighted by atomic mass is 32.1. The number of nitrogens with one attached hydrogen (secondary N) is 2. The third kappa shape index (κ3) is 8.00. The number of carbonyl (C=O) groups excluding carboxylic acids is 3. The quantitative estimate of drug-likeness (QED) is 0.296. The van der Waals surface area contributed by atoms with Gasteiger partial charge in [0.15, 0.2) is 0 Å². The molecule has 2 atom stereocenters. The summed E-state index contributed by atoms with van der Waals surface area (Å²) in [6, 6.07) is 10.1. The van der Waals surface area contributed by atoms with Crippen LogP contribution in [-0.4, -0.2) is 58.5 Å². The number of carbonyl (C=O) groups is 3. The molecule has 0 aliphatic heterocycles. The molecule has 198 valence electrons. The Morgan fingerprint density at radius 1 is 1.11 bits per heavy atom. The largest absolute Gasteiger partial charge is 0.444 e. The number of benzene rings is 2. The van der Waals surface area contributed by atoms with Crippen molar-refractivity contribution < 1.29 is 24.2 Å². The van der Waals surface area contributed by atoms with Crippen molar-refractivity contribution in [3.05, 3.63) is 64.7 Å². The Kier molecular flexibility index (Phi) is 10.6. The van der Waals surface area contributed by atoms with Gasteiger partial charge >= 0.3 is 6.09 Å². The summed E-state index contributed by atoms with van der Waals surface area (Å²) in [6.45, 7) is 8.22. The molecular formula is C28H35N3O5S. The molecule has 2 aromatic carbocycles. The predicted octanol–water partition coefficient (Wildman–Crippen LogP) is 3.61. The molecule has 0 aliphatic carbocycles. The lowest BCUT2D eigenvalue weighted by Gasteiger charge is -2.34. The van der Waals surface area contributed by atoms with Crippen LogP contribution in [0, 0.1) is 26.2 Å². The third-order valence-corrected chi connectivity index (χ3v) is 5.86. The molecule has 2 unspecified atom stereocenters. The van der Waals surface area contributed by atoms with Gasteiger partial charge in [0, 0.05) is 23.5 Å². The molecule has 2 rings (SSSR count). The van der Waals surface area contributed by atoms with Crippen molar-refractivity contribution in [2.75, 3.05) is 24.2 Å². The number of thiol groups is 1. The van der Waals surface area contributed by atoms with Gasteiger partial charge in [0.25, 0.3) is 5.91 Å². The van der Waals surface area contributed by atoms with Crippen LogP contribution >= 0.6 is 12.6 Å². The van der Waals surface area contributed by atoms with Gasteiger partial charge in [0.1, 0.15) is 17.7 Å². The average Bonchev–Trinajstić information content (AvgIpc) is 2.83. The smallest absolute Gasteiger partial charge is 0.408 e. The number of nitrogens with zero attached hydrogens (tertiary/aromatic N) is 1. The Labute approximate surface area is 224 Å². The second kappa shape index (κ2) is 13.2. The number of aliphatic hydroxyl groups is 1.